The molecule has 0 aliphatic heterocycles. The molecule has 0 unspecified atom stereocenters. The molecule has 0 aromatic heterocycles. The van der Waals surface area contributed by atoms with Crippen LogP contribution in [0.2, 0.25) is 0 Å². The van der Waals surface area contributed by atoms with Gasteiger partial charge in [0.05, 0.1) is 11.4 Å². The van der Waals surface area contributed by atoms with E-state index in [9.17, 15) is 4.79 Å². The first-order chi connectivity index (χ1) is 13.9. The quantitative estimate of drug-likeness (QED) is 0.225. The second-order valence-corrected chi connectivity index (χ2v) is 8.56. The Morgan fingerprint density at radius 1 is 1.03 bits per heavy atom. The van der Waals surface area contributed by atoms with Crippen LogP contribution >= 0.6 is 0 Å². The minimum absolute atomic E-state index is 0.0511. The van der Waals surface area contributed by atoms with Crippen LogP contribution in [0.15, 0.2) is 87.6 Å². The number of carbonyl (C=O) groups is 1. The lowest BCUT2D eigenvalue weighted by atomic mass is 9.70. The Morgan fingerprint density at radius 2 is 1.69 bits per heavy atom. The molecule has 5 heteroatoms. The van der Waals surface area contributed by atoms with E-state index in [1.54, 1.807) is 0 Å². The summed E-state index contributed by atoms with van der Waals surface area (Å²) in [4.78, 5) is 13.2. The average Bonchev–Trinajstić information content (AvgIpc) is 3.05. The van der Waals surface area contributed by atoms with Crippen molar-refractivity contribution in [3.8, 4) is 0 Å². The topological polar surface area (TPSA) is 66.2 Å². The SMILES string of the molecule is CC1(C)[C@H]2CC[C@]1(C)C(=O)/C2=C\C(N=Nc1ccccc1)=N\Nc1ccccc1. The summed E-state index contributed by atoms with van der Waals surface area (Å²) in [5.41, 5.74) is 5.08. The van der Waals surface area contributed by atoms with Crippen LogP contribution in [0.3, 0.4) is 0 Å². The lowest BCUT2D eigenvalue weighted by molar-refractivity contribution is -0.125. The van der Waals surface area contributed by atoms with Crippen LogP contribution in [0.1, 0.15) is 33.6 Å². The summed E-state index contributed by atoms with van der Waals surface area (Å²) >= 11 is 0. The lowest BCUT2D eigenvalue weighted by Gasteiger charge is -2.31. The first-order valence-corrected chi connectivity index (χ1v) is 10.0. The van der Waals surface area contributed by atoms with Crippen molar-refractivity contribution < 1.29 is 4.79 Å². The third kappa shape index (κ3) is 3.41. The highest BCUT2D eigenvalue weighted by Gasteiger charge is 2.63. The van der Waals surface area contributed by atoms with Crippen molar-refractivity contribution in [2.75, 3.05) is 5.43 Å². The number of nitrogens with zero attached hydrogens (tertiary/aromatic N) is 3. The average molecular weight is 386 g/mol. The normalized spacial score (nSPS) is 27.1. The summed E-state index contributed by atoms with van der Waals surface area (Å²) in [6, 6.07) is 19.2. The molecule has 2 saturated carbocycles. The van der Waals surface area contributed by atoms with Gasteiger partial charge in [-0.3, -0.25) is 10.2 Å². The van der Waals surface area contributed by atoms with Crippen LogP contribution in [0.5, 0.6) is 0 Å². The summed E-state index contributed by atoms with van der Waals surface area (Å²) in [5, 5.41) is 13.1. The predicted molar refractivity (Wildman–Crippen MR) is 116 cm³/mol. The molecular weight excluding hydrogens is 360 g/mol. The van der Waals surface area contributed by atoms with Crippen molar-refractivity contribution in [2.24, 2.45) is 32.1 Å². The fraction of sp³-hybridized carbons (Fsp3) is 0.333. The van der Waals surface area contributed by atoms with Crippen molar-refractivity contribution in [3.05, 3.63) is 72.3 Å². The highest BCUT2D eigenvalue weighted by molar-refractivity contribution is 6.10. The van der Waals surface area contributed by atoms with Gasteiger partial charge in [-0.15, -0.1) is 10.2 Å². The molecule has 0 amide bonds. The largest absolute Gasteiger partial charge is 0.294 e. The Labute approximate surface area is 171 Å². The zero-order chi connectivity index (χ0) is 20.5. The van der Waals surface area contributed by atoms with E-state index < -0.39 is 0 Å². The number of nitrogens with one attached hydrogen (secondary N) is 1. The minimum Gasteiger partial charge on any atom is -0.294 e. The number of hydrogen-bond acceptors (Lipinski definition) is 4. The van der Waals surface area contributed by atoms with Gasteiger partial charge in [-0.05, 0) is 54.5 Å². The number of para-hydroxylation sites is 1. The number of allylic oxidation sites excluding steroid dienone is 1. The van der Waals surface area contributed by atoms with Gasteiger partial charge in [0.2, 0.25) is 0 Å². The third-order valence-corrected chi connectivity index (χ3v) is 6.75. The van der Waals surface area contributed by atoms with Gasteiger partial charge in [-0.1, -0.05) is 57.2 Å². The van der Waals surface area contributed by atoms with E-state index in [-0.39, 0.29) is 22.5 Å². The van der Waals surface area contributed by atoms with Crippen molar-refractivity contribution in [3.63, 3.8) is 0 Å². The first-order valence-electron chi connectivity index (χ1n) is 10.0. The number of hydrazone groups is 1. The number of Topliss-reactive ketones (excluding diaryl/α,β-unsaturated/α-hetero) is 1. The number of benzene rings is 2. The first kappa shape index (κ1) is 19.2. The third-order valence-electron chi connectivity index (χ3n) is 6.75. The summed E-state index contributed by atoms with van der Waals surface area (Å²) < 4.78 is 0. The van der Waals surface area contributed by atoms with E-state index in [4.69, 9.17) is 0 Å². The van der Waals surface area contributed by atoms with Crippen LogP contribution in [0.25, 0.3) is 0 Å². The Kier molecular flexibility index (Phi) is 4.91. The molecule has 0 heterocycles. The Hall–Kier alpha value is -3.08. The number of hydrogen-bond donors (Lipinski definition) is 1. The molecule has 148 valence electrons. The van der Waals surface area contributed by atoms with Crippen molar-refractivity contribution in [1.29, 1.82) is 0 Å². The van der Waals surface area contributed by atoms with Gasteiger partial charge < -0.3 is 0 Å². The van der Waals surface area contributed by atoms with E-state index in [0.717, 1.165) is 29.8 Å². The second kappa shape index (κ2) is 7.39. The standard InChI is InChI=1S/C24H26N4O/c1-23(2)20-14-15-24(23,3)22(29)19(20)16-21(27-25-17-10-6-4-7-11-17)28-26-18-12-8-5-9-13-18/h4-13,16,20,25H,14-15H2,1-3H3/b19-16-,27-21-,28-26?/t20-,24+/m0/s1. The molecule has 2 aliphatic rings. The highest BCUT2D eigenvalue weighted by Crippen LogP contribution is 2.65. The molecule has 5 nitrogen and oxygen atoms in total. The van der Waals surface area contributed by atoms with E-state index >= 15 is 0 Å². The lowest BCUT2D eigenvalue weighted by Crippen LogP contribution is -2.32. The molecule has 4 rings (SSSR count). The summed E-state index contributed by atoms with van der Waals surface area (Å²) in [6.07, 6.45) is 3.79. The maximum absolute atomic E-state index is 13.2. The molecule has 1 N–H and O–H groups in total. The van der Waals surface area contributed by atoms with Crippen molar-refractivity contribution in [1.82, 2.24) is 0 Å². The number of ketones is 1. The highest BCUT2D eigenvalue weighted by atomic mass is 16.1. The van der Waals surface area contributed by atoms with Crippen LogP contribution in [-0.4, -0.2) is 11.6 Å². The number of amidine groups is 1. The minimum atomic E-state index is -0.307. The smallest absolute Gasteiger partial charge is 0.194 e. The Bertz CT molecular complexity index is 992. The molecule has 0 saturated heterocycles. The van der Waals surface area contributed by atoms with E-state index in [1.165, 1.54) is 0 Å². The fourth-order valence-corrected chi connectivity index (χ4v) is 4.55. The monoisotopic (exact) mass is 386 g/mol. The molecule has 0 radical (unpaired) electrons. The summed E-state index contributed by atoms with van der Waals surface area (Å²) in [6.45, 7) is 6.50. The van der Waals surface area contributed by atoms with Gasteiger partial charge in [0.15, 0.2) is 11.6 Å². The number of azo groups is 1. The van der Waals surface area contributed by atoms with E-state index in [0.29, 0.717) is 5.84 Å². The number of carbonyl (C=O) groups excluding carboxylic acids is 1. The predicted octanol–water partition coefficient (Wildman–Crippen LogP) is 6.15. The van der Waals surface area contributed by atoms with Crippen LogP contribution in [-0.2, 0) is 4.79 Å². The van der Waals surface area contributed by atoms with Crippen LogP contribution in [0, 0.1) is 16.7 Å². The van der Waals surface area contributed by atoms with Gasteiger partial charge in [0, 0.05) is 11.0 Å². The molecule has 2 atom stereocenters. The van der Waals surface area contributed by atoms with Crippen molar-refractivity contribution >= 4 is 23.0 Å². The maximum Gasteiger partial charge on any atom is 0.194 e. The molecule has 2 aliphatic carbocycles. The van der Waals surface area contributed by atoms with E-state index in [2.05, 4.69) is 41.5 Å². The number of rotatable bonds is 4. The summed E-state index contributed by atoms with van der Waals surface area (Å²) in [5.74, 6) is 0.850. The zero-order valence-electron chi connectivity index (χ0n) is 17.1. The molecule has 2 aromatic rings. The van der Waals surface area contributed by atoms with Gasteiger partial charge >= 0.3 is 0 Å². The van der Waals surface area contributed by atoms with Gasteiger partial charge in [0.25, 0.3) is 0 Å². The molecule has 0 spiro atoms. The van der Waals surface area contributed by atoms with Gasteiger partial charge in [0.1, 0.15) is 0 Å². The molecule has 2 aromatic carbocycles. The number of fused-ring (bicyclic) bond motifs is 2. The molecule has 2 bridgehead atoms. The molecule has 29 heavy (non-hydrogen) atoms. The number of anilines is 1. The van der Waals surface area contributed by atoms with E-state index in [1.807, 2.05) is 66.7 Å². The Balaban J connectivity index is 1.68. The fourth-order valence-electron chi connectivity index (χ4n) is 4.55. The van der Waals surface area contributed by atoms with Gasteiger partial charge in [-0.25, -0.2) is 0 Å². The second-order valence-electron chi connectivity index (χ2n) is 8.56. The zero-order valence-corrected chi connectivity index (χ0v) is 17.1. The summed E-state index contributed by atoms with van der Waals surface area (Å²) in [7, 11) is 0. The van der Waals surface area contributed by atoms with Crippen LogP contribution < -0.4 is 5.43 Å². The van der Waals surface area contributed by atoms with Crippen LogP contribution in [0.4, 0.5) is 11.4 Å². The van der Waals surface area contributed by atoms with Gasteiger partial charge in [-0.2, -0.15) is 5.10 Å². The Morgan fingerprint density at radius 3 is 2.31 bits per heavy atom. The molecular formula is C24H26N4O. The molecule has 2 fully saturated rings. The van der Waals surface area contributed by atoms with Crippen molar-refractivity contribution in [2.45, 2.75) is 33.6 Å². The maximum atomic E-state index is 13.2.